The van der Waals surface area contributed by atoms with Gasteiger partial charge in [-0.3, -0.25) is 9.78 Å². The molecule has 1 aromatic carbocycles. The normalized spacial score (nSPS) is 14.1. The first-order valence-corrected chi connectivity index (χ1v) is 9.70. The van der Waals surface area contributed by atoms with Crippen molar-refractivity contribution in [3.8, 4) is 11.3 Å². The van der Waals surface area contributed by atoms with Gasteiger partial charge in [0.1, 0.15) is 0 Å². The Morgan fingerprint density at radius 3 is 2.68 bits per heavy atom. The SMILES string of the molecule is Cc1nc(N2CCCCC2)ncc1-c1cc(=O)[nH]c(Nc2ccccc2Cl)n1. The number of hydrogen-bond acceptors (Lipinski definition) is 6. The fraction of sp³-hybridized carbons (Fsp3) is 0.300. The van der Waals surface area contributed by atoms with Crippen molar-refractivity contribution in [3.63, 3.8) is 0 Å². The molecule has 0 aliphatic carbocycles. The fourth-order valence-electron chi connectivity index (χ4n) is 3.30. The topological polar surface area (TPSA) is 86.8 Å². The maximum absolute atomic E-state index is 12.2. The first-order chi connectivity index (χ1) is 13.6. The average molecular weight is 397 g/mol. The Hall–Kier alpha value is -2.93. The molecule has 3 heterocycles. The van der Waals surface area contributed by atoms with E-state index in [1.54, 1.807) is 12.3 Å². The minimum Gasteiger partial charge on any atom is -0.341 e. The van der Waals surface area contributed by atoms with Gasteiger partial charge >= 0.3 is 0 Å². The van der Waals surface area contributed by atoms with E-state index in [1.165, 1.54) is 12.5 Å². The molecular weight excluding hydrogens is 376 g/mol. The highest BCUT2D eigenvalue weighted by molar-refractivity contribution is 6.33. The van der Waals surface area contributed by atoms with Crippen LogP contribution in [-0.4, -0.2) is 33.0 Å². The lowest BCUT2D eigenvalue weighted by Gasteiger charge is -2.26. The zero-order valence-corrected chi connectivity index (χ0v) is 16.3. The van der Waals surface area contributed by atoms with Crippen LogP contribution in [0.4, 0.5) is 17.6 Å². The van der Waals surface area contributed by atoms with Crippen LogP contribution in [0.5, 0.6) is 0 Å². The van der Waals surface area contributed by atoms with Crippen LogP contribution in [0.25, 0.3) is 11.3 Å². The van der Waals surface area contributed by atoms with Crippen molar-refractivity contribution in [3.05, 3.63) is 57.6 Å². The lowest BCUT2D eigenvalue weighted by molar-refractivity contribution is 0.568. The van der Waals surface area contributed by atoms with E-state index in [1.807, 2.05) is 25.1 Å². The van der Waals surface area contributed by atoms with Crippen LogP contribution in [0.3, 0.4) is 0 Å². The average Bonchev–Trinajstić information content (AvgIpc) is 2.70. The largest absolute Gasteiger partial charge is 0.341 e. The van der Waals surface area contributed by atoms with E-state index >= 15 is 0 Å². The molecule has 0 unspecified atom stereocenters. The molecule has 0 bridgehead atoms. The van der Waals surface area contributed by atoms with E-state index < -0.39 is 0 Å². The molecule has 0 amide bonds. The van der Waals surface area contributed by atoms with Crippen molar-refractivity contribution in [1.82, 2.24) is 19.9 Å². The summed E-state index contributed by atoms with van der Waals surface area (Å²) in [5, 5.41) is 3.60. The zero-order valence-electron chi connectivity index (χ0n) is 15.6. The van der Waals surface area contributed by atoms with E-state index in [9.17, 15) is 4.79 Å². The molecule has 2 aromatic heterocycles. The number of H-pyrrole nitrogens is 1. The number of halogens is 1. The van der Waals surface area contributed by atoms with E-state index in [2.05, 4.69) is 30.2 Å². The van der Waals surface area contributed by atoms with Gasteiger partial charge in [0.15, 0.2) is 0 Å². The van der Waals surface area contributed by atoms with Gasteiger partial charge in [-0.05, 0) is 38.3 Å². The van der Waals surface area contributed by atoms with Crippen LogP contribution in [0.2, 0.25) is 5.02 Å². The number of nitrogens with one attached hydrogen (secondary N) is 2. The molecule has 7 nitrogen and oxygen atoms in total. The minimum atomic E-state index is -0.265. The lowest BCUT2D eigenvalue weighted by atomic mass is 10.1. The number of benzene rings is 1. The molecule has 1 saturated heterocycles. The fourth-order valence-corrected chi connectivity index (χ4v) is 3.48. The molecule has 8 heteroatoms. The van der Waals surface area contributed by atoms with E-state index in [0.29, 0.717) is 22.4 Å². The number of anilines is 3. The Bertz CT molecular complexity index is 1040. The third kappa shape index (κ3) is 3.99. The Morgan fingerprint density at radius 2 is 1.93 bits per heavy atom. The summed E-state index contributed by atoms with van der Waals surface area (Å²) in [4.78, 5) is 30.8. The summed E-state index contributed by atoms with van der Waals surface area (Å²) >= 11 is 6.18. The van der Waals surface area contributed by atoms with Crippen LogP contribution >= 0.6 is 11.6 Å². The number of piperidine rings is 1. The Labute approximate surface area is 167 Å². The molecule has 2 N–H and O–H groups in total. The molecule has 28 heavy (non-hydrogen) atoms. The highest BCUT2D eigenvalue weighted by Gasteiger charge is 2.16. The Morgan fingerprint density at radius 1 is 1.14 bits per heavy atom. The first kappa shape index (κ1) is 18.4. The summed E-state index contributed by atoms with van der Waals surface area (Å²) in [5.41, 5.74) is 2.43. The summed E-state index contributed by atoms with van der Waals surface area (Å²) in [6.07, 6.45) is 5.33. The minimum absolute atomic E-state index is 0.265. The second kappa shape index (κ2) is 7.98. The summed E-state index contributed by atoms with van der Waals surface area (Å²) in [6.45, 7) is 3.87. The highest BCUT2D eigenvalue weighted by Crippen LogP contribution is 2.25. The molecule has 1 aliphatic heterocycles. The summed E-state index contributed by atoms with van der Waals surface area (Å²) in [5.74, 6) is 1.05. The quantitative estimate of drug-likeness (QED) is 0.695. The number of para-hydroxylation sites is 1. The van der Waals surface area contributed by atoms with E-state index in [0.717, 1.165) is 43.1 Å². The maximum atomic E-state index is 12.2. The zero-order chi connectivity index (χ0) is 19.5. The molecular formula is C20H21ClN6O. The van der Waals surface area contributed by atoms with Gasteiger partial charge in [-0.25, -0.2) is 15.0 Å². The second-order valence-corrected chi connectivity index (χ2v) is 7.21. The molecule has 0 spiro atoms. The smallest absolute Gasteiger partial charge is 0.252 e. The van der Waals surface area contributed by atoms with Crippen molar-refractivity contribution < 1.29 is 0 Å². The van der Waals surface area contributed by atoms with Crippen molar-refractivity contribution in [2.45, 2.75) is 26.2 Å². The van der Waals surface area contributed by atoms with Gasteiger partial charge in [0.05, 0.1) is 22.1 Å². The molecule has 0 saturated carbocycles. The predicted molar refractivity (Wildman–Crippen MR) is 111 cm³/mol. The van der Waals surface area contributed by atoms with E-state index in [-0.39, 0.29) is 5.56 Å². The van der Waals surface area contributed by atoms with Gasteiger partial charge in [0.25, 0.3) is 5.56 Å². The molecule has 1 fully saturated rings. The third-order valence-corrected chi connectivity index (χ3v) is 5.08. The molecule has 0 radical (unpaired) electrons. The number of aromatic amines is 1. The molecule has 4 rings (SSSR count). The van der Waals surface area contributed by atoms with Crippen LogP contribution in [-0.2, 0) is 0 Å². The van der Waals surface area contributed by atoms with Gasteiger partial charge in [-0.15, -0.1) is 0 Å². The lowest BCUT2D eigenvalue weighted by Crippen LogP contribution is -2.31. The first-order valence-electron chi connectivity index (χ1n) is 9.32. The third-order valence-electron chi connectivity index (χ3n) is 4.75. The summed E-state index contributed by atoms with van der Waals surface area (Å²) in [6, 6.07) is 8.72. The van der Waals surface area contributed by atoms with Crippen LogP contribution < -0.4 is 15.8 Å². The van der Waals surface area contributed by atoms with Crippen LogP contribution in [0, 0.1) is 6.92 Å². The number of rotatable bonds is 4. The van der Waals surface area contributed by atoms with Crippen LogP contribution in [0.1, 0.15) is 25.0 Å². The number of aryl methyl sites for hydroxylation is 1. The monoisotopic (exact) mass is 396 g/mol. The molecule has 1 aliphatic rings. The summed E-state index contributed by atoms with van der Waals surface area (Å²) in [7, 11) is 0. The number of aromatic nitrogens is 4. The van der Waals surface area contributed by atoms with Crippen molar-refractivity contribution in [2.75, 3.05) is 23.3 Å². The van der Waals surface area contributed by atoms with Gasteiger partial charge < -0.3 is 10.2 Å². The molecule has 144 valence electrons. The van der Waals surface area contributed by atoms with E-state index in [4.69, 9.17) is 11.6 Å². The second-order valence-electron chi connectivity index (χ2n) is 6.80. The van der Waals surface area contributed by atoms with Crippen molar-refractivity contribution in [2.24, 2.45) is 0 Å². The van der Waals surface area contributed by atoms with Crippen molar-refractivity contribution in [1.29, 1.82) is 0 Å². The van der Waals surface area contributed by atoms with Crippen molar-refractivity contribution >= 4 is 29.2 Å². The standard InChI is InChI=1S/C20H21ClN6O/c1-13-14(12-22-20(23-13)27-9-5-2-6-10-27)17-11-18(28)26-19(25-17)24-16-8-4-3-7-15(16)21/h3-4,7-8,11-12H,2,5-6,9-10H2,1H3,(H2,24,25,26,28). The Kier molecular flexibility index (Phi) is 5.25. The van der Waals surface area contributed by atoms with Gasteiger partial charge in [-0.2, -0.15) is 0 Å². The number of hydrogen-bond donors (Lipinski definition) is 2. The van der Waals surface area contributed by atoms with Gasteiger partial charge in [0, 0.05) is 30.9 Å². The molecule has 3 aromatic rings. The molecule has 0 atom stereocenters. The van der Waals surface area contributed by atoms with Crippen LogP contribution in [0.15, 0.2) is 41.3 Å². The number of nitrogens with zero attached hydrogens (tertiary/aromatic N) is 4. The Balaban J connectivity index is 1.64. The predicted octanol–water partition coefficient (Wildman–Crippen LogP) is 3.92. The van der Waals surface area contributed by atoms with Gasteiger partial charge in [0.2, 0.25) is 11.9 Å². The highest BCUT2D eigenvalue weighted by atomic mass is 35.5. The van der Waals surface area contributed by atoms with Gasteiger partial charge in [-0.1, -0.05) is 23.7 Å². The maximum Gasteiger partial charge on any atom is 0.252 e. The summed E-state index contributed by atoms with van der Waals surface area (Å²) < 4.78 is 0.